The molecule has 1 aliphatic heterocycles. The van der Waals surface area contributed by atoms with E-state index in [9.17, 15) is 4.79 Å². The van der Waals surface area contributed by atoms with Crippen LogP contribution >= 0.6 is 23.1 Å². The Labute approximate surface area is 166 Å². The average Bonchev–Trinajstić information content (AvgIpc) is 3.35. The molecule has 8 heteroatoms. The molecule has 1 aliphatic rings. The summed E-state index contributed by atoms with van der Waals surface area (Å²) in [6.45, 7) is 4.43. The van der Waals surface area contributed by atoms with Crippen LogP contribution in [-0.4, -0.2) is 64.7 Å². The molecule has 0 spiro atoms. The third kappa shape index (κ3) is 4.45. The molecule has 3 heterocycles. The van der Waals surface area contributed by atoms with Gasteiger partial charge in [-0.25, -0.2) is 4.98 Å². The molecule has 0 saturated carbocycles. The number of imidazole rings is 1. The zero-order chi connectivity index (χ0) is 18.6. The smallest absolute Gasteiger partial charge is 0.233 e. The molecule has 2 aromatic heterocycles. The molecular formula is C19H22N4O2S2. The number of amides is 1. The van der Waals surface area contributed by atoms with E-state index in [1.807, 2.05) is 23.1 Å². The predicted octanol–water partition coefficient (Wildman–Crippen LogP) is 3.07. The molecule has 1 N–H and O–H groups in total. The summed E-state index contributed by atoms with van der Waals surface area (Å²) in [5.74, 6) is 1.37. The number of thioether (sulfide) groups is 1. The van der Waals surface area contributed by atoms with Crippen LogP contribution in [-0.2, 0) is 11.3 Å². The van der Waals surface area contributed by atoms with Gasteiger partial charge < -0.3 is 14.6 Å². The Morgan fingerprint density at radius 3 is 2.89 bits per heavy atom. The molecule has 27 heavy (non-hydrogen) atoms. The molecule has 0 unspecified atom stereocenters. The molecule has 1 amide bonds. The van der Waals surface area contributed by atoms with E-state index in [1.54, 1.807) is 18.4 Å². The number of benzene rings is 1. The molecule has 1 saturated heterocycles. The maximum absolute atomic E-state index is 12.5. The van der Waals surface area contributed by atoms with Gasteiger partial charge in [-0.1, -0.05) is 17.8 Å². The van der Waals surface area contributed by atoms with Crippen molar-refractivity contribution in [2.75, 3.05) is 39.0 Å². The van der Waals surface area contributed by atoms with Gasteiger partial charge in [0.05, 0.1) is 23.9 Å². The van der Waals surface area contributed by atoms with Gasteiger partial charge in [-0.2, -0.15) is 0 Å². The Kier molecular flexibility index (Phi) is 5.66. The highest BCUT2D eigenvalue weighted by Crippen LogP contribution is 2.23. The van der Waals surface area contributed by atoms with E-state index in [1.165, 1.54) is 16.6 Å². The number of hydrogen-bond donors (Lipinski definition) is 1. The van der Waals surface area contributed by atoms with Gasteiger partial charge in [-0.15, -0.1) is 11.3 Å². The maximum Gasteiger partial charge on any atom is 0.233 e. The van der Waals surface area contributed by atoms with Crippen molar-refractivity contribution in [3.8, 4) is 5.75 Å². The van der Waals surface area contributed by atoms with Crippen molar-refractivity contribution >= 4 is 40.0 Å². The van der Waals surface area contributed by atoms with E-state index in [-0.39, 0.29) is 5.91 Å². The minimum Gasteiger partial charge on any atom is -0.497 e. The Balaban J connectivity index is 1.27. The lowest BCUT2D eigenvalue weighted by Gasteiger charge is -2.34. The first-order chi connectivity index (χ1) is 13.2. The van der Waals surface area contributed by atoms with Crippen LogP contribution in [0.5, 0.6) is 5.75 Å². The highest BCUT2D eigenvalue weighted by Gasteiger charge is 2.21. The Bertz CT molecular complexity index is 902. The SMILES string of the molecule is COc1ccc2nc(SCC(=O)N3CCN(Cc4cccs4)CC3)[nH]c2c1. The summed E-state index contributed by atoms with van der Waals surface area (Å²) in [6.07, 6.45) is 0. The molecule has 0 bridgehead atoms. The number of nitrogens with one attached hydrogen (secondary N) is 1. The lowest BCUT2D eigenvalue weighted by atomic mass is 10.3. The number of fused-ring (bicyclic) bond motifs is 1. The van der Waals surface area contributed by atoms with Crippen molar-refractivity contribution in [2.45, 2.75) is 11.7 Å². The van der Waals surface area contributed by atoms with Gasteiger partial charge in [-0.05, 0) is 23.6 Å². The molecule has 142 valence electrons. The number of H-pyrrole nitrogens is 1. The van der Waals surface area contributed by atoms with Gasteiger partial charge >= 0.3 is 0 Å². The van der Waals surface area contributed by atoms with Crippen molar-refractivity contribution < 1.29 is 9.53 Å². The van der Waals surface area contributed by atoms with E-state index in [0.29, 0.717) is 5.75 Å². The fourth-order valence-electron chi connectivity index (χ4n) is 3.16. The van der Waals surface area contributed by atoms with E-state index in [4.69, 9.17) is 4.74 Å². The minimum absolute atomic E-state index is 0.175. The molecule has 1 aromatic carbocycles. The Morgan fingerprint density at radius 1 is 1.30 bits per heavy atom. The standard InChI is InChI=1S/C19H22N4O2S2/c1-25-14-4-5-16-17(11-14)21-19(20-16)27-13-18(24)23-8-6-22(7-9-23)12-15-3-2-10-26-15/h2-5,10-11H,6-9,12-13H2,1H3,(H,20,21). The third-order valence-corrected chi connectivity index (χ3v) is 6.40. The second-order valence-electron chi connectivity index (χ2n) is 6.45. The number of ether oxygens (including phenoxy) is 1. The zero-order valence-corrected chi connectivity index (χ0v) is 16.8. The van der Waals surface area contributed by atoms with Crippen LogP contribution < -0.4 is 4.74 Å². The second kappa shape index (κ2) is 8.33. The second-order valence-corrected chi connectivity index (χ2v) is 8.45. The fourth-order valence-corrected chi connectivity index (χ4v) is 4.69. The topological polar surface area (TPSA) is 61.5 Å². The molecule has 0 radical (unpaired) electrons. The number of hydrogen-bond acceptors (Lipinski definition) is 6. The van der Waals surface area contributed by atoms with Crippen molar-refractivity contribution in [3.05, 3.63) is 40.6 Å². The normalized spacial score (nSPS) is 15.4. The summed E-state index contributed by atoms with van der Waals surface area (Å²) >= 11 is 3.24. The number of carbonyl (C=O) groups excluding carboxylic acids is 1. The van der Waals surface area contributed by atoms with Gasteiger partial charge in [0.25, 0.3) is 0 Å². The number of piperazine rings is 1. The summed E-state index contributed by atoms with van der Waals surface area (Å²) < 4.78 is 5.23. The summed E-state index contributed by atoms with van der Waals surface area (Å²) in [6, 6.07) is 9.98. The van der Waals surface area contributed by atoms with Crippen molar-refractivity contribution in [2.24, 2.45) is 0 Å². The first-order valence-corrected chi connectivity index (χ1v) is 10.8. The van der Waals surface area contributed by atoms with Crippen molar-refractivity contribution in [1.82, 2.24) is 19.8 Å². The van der Waals surface area contributed by atoms with E-state index >= 15 is 0 Å². The van der Waals surface area contributed by atoms with E-state index < -0.39 is 0 Å². The number of aromatic amines is 1. The molecule has 4 rings (SSSR count). The van der Waals surface area contributed by atoms with Crippen molar-refractivity contribution in [3.63, 3.8) is 0 Å². The van der Waals surface area contributed by atoms with Gasteiger partial charge in [0, 0.05) is 43.7 Å². The van der Waals surface area contributed by atoms with Gasteiger partial charge in [-0.3, -0.25) is 9.69 Å². The van der Waals surface area contributed by atoms with Crippen LogP contribution in [0, 0.1) is 0 Å². The first-order valence-electron chi connectivity index (χ1n) is 8.90. The Morgan fingerprint density at radius 2 is 2.15 bits per heavy atom. The van der Waals surface area contributed by atoms with Gasteiger partial charge in [0.15, 0.2) is 5.16 Å². The van der Waals surface area contributed by atoms with Crippen LogP contribution in [0.1, 0.15) is 4.88 Å². The van der Waals surface area contributed by atoms with Crippen LogP contribution in [0.2, 0.25) is 0 Å². The first kappa shape index (κ1) is 18.3. The third-order valence-electron chi connectivity index (χ3n) is 4.68. The van der Waals surface area contributed by atoms with Gasteiger partial charge in [0.2, 0.25) is 5.91 Å². The van der Waals surface area contributed by atoms with E-state index in [2.05, 4.69) is 32.4 Å². The quantitative estimate of drug-likeness (QED) is 0.642. The molecule has 6 nitrogen and oxygen atoms in total. The monoisotopic (exact) mass is 402 g/mol. The number of rotatable bonds is 6. The van der Waals surface area contributed by atoms with Gasteiger partial charge in [0.1, 0.15) is 5.75 Å². The number of nitrogens with zero attached hydrogens (tertiary/aromatic N) is 3. The van der Waals surface area contributed by atoms with Crippen LogP contribution in [0.25, 0.3) is 11.0 Å². The zero-order valence-electron chi connectivity index (χ0n) is 15.2. The van der Waals surface area contributed by atoms with Crippen LogP contribution in [0.3, 0.4) is 0 Å². The fraction of sp³-hybridized carbons (Fsp3) is 0.368. The lowest BCUT2D eigenvalue weighted by Crippen LogP contribution is -2.48. The molecule has 0 aliphatic carbocycles. The van der Waals surface area contributed by atoms with Crippen LogP contribution in [0.15, 0.2) is 40.9 Å². The molecule has 3 aromatic rings. The largest absolute Gasteiger partial charge is 0.497 e. The molecule has 0 atom stereocenters. The predicted molar refractivity (Wildman–Crippen MR) is 110 cm³/mol. The number of methoxy groups -OCH3 is 1. The lowest BCUT2D eigenvalue weighted by molar-refractivity contribution is -0.130. The summed E-state index contributed by atoms with van der Waals surface area (Å²) in [5.41, 5.74) is 1.81. The number of thiophene rings is 1. The molecule has 1 fully saturated rings. The minimum atomic E-state index is 0.175. The average molecular weight is 403 g/mol. The number of carbonyl (C=O) groups is 1. The maximum atomic E-state index is 12.5. The summed E-state index contributed by atoms with van der Waals surface area (Å²) in [4.78, 5) is 26.1. The summed E-state index contributed by atoms with van der Waals surface area (Å²) in [7, 11) is 1.64. The Hall–Kier alpha value is -2.03. The number of aromatic nitrogens is 2. The highest BCUT2D eigenvalue weighted by atomic mass is 32.2. The van der Waals surface area contributed by atoms with Crippen molar-refractivity contribution in [1.29, 1.82) is 0 Å². The van der Waals surface area contributed by atoms with E-state index in [0.717, 1.165) is 54.7 Å². The summed E-state index contributed by atoms with van der Waals surface area (Å²) in [5, 5.41) is 2.88. The van der Waals surface area contributed by atoms with Crippen LogP contribution in [0.4, 0.5) is 0 Å². The molecular weight excluding hydrogens is 380 g/mol. The highest BCUT2D eigenvalue weighted by molar-refractivity contribution is 7.99.